The summed E-state index contributed by atoms with van der Waals surface area (Å²) in [6, 6.07) is 9.57. The maximum Gasteiger partial charge on any atom is 0.270 e. The standard InChI is InChI=1S/C18H24N4O3/c1-13-12-16(17(23)19-10-11-24-2)22-18(21-13)20-9-8-14-4-6-15(25-3)7-5-14/h4-7,12H,8-11H2,1-3H3,(H,19,23)(H,20,21,22). The van der Waals surface area contributed by atoms with Crippen molar-refractivity contribution in [3.8, 4) is 5.75 Å². The zero-order valence-corrected chi connectivity index (χ0v) is 14.8. The molecule has 1 heterocycles. The lowest BCUT2D eigenvalue weighted by Gasteiger charge is -2.09. The van der Waals surface area contributed by atoms with Crippen molar-refractivity contribution in [1.82, 2.24) is 15.3 Å². The maximum atomic E-state index is 12.1. The molecule has 0 saturated carbocycles. The molecule has 0 atom stereocenters. The average Bonchev–Trinajstić information content (AvgIpc) is 2.62. The van der Waals surface area contributed by atoms with Crippen molar-refractivity contribution in [2.24, 2.45) is 0 Å². The zero-order valence-electron chi connectivity index (χ0n) is 14.8. The first-order valence-electron chi connectivity index (χ1n) is 8.12. The highest BCUT2D eigenvalue weighted by molar-refractivity contribution is 5.92. The summed E-state index contributed by atoms with van der Waals surface area (Å²) in [4.78, 5) is 20.7. The van der Waals surface area contributed by atoms with Crippen molar-refractivity contribution >= 4 is 11.9 Å². The molecule has 0 saturated heterocycles. The summed E-state index contributed by atoms with van der Waals surface area (Å²) in [6.07, 6.45) is 0.816. The molecule has 7 nitrogen and oxygen atoms in total. The predicted molar refractivity (Wildman–Crippen MR) is 96.2 cm³/mol. The van der Waals surface area contributed by atoms with Crippen LogP contribution in [0, 0.1) is 6.92 Å². The van der Waals surface area contributed by atoms with E-state index in [1.807, 2.05) is 31.2 Å². The summed E-state index contributed by atoms with van der Waals surface area (Å²) in [5.41, 5.74) is 2.26. The van der Waals surface area contributed by atoms with Gasteiger partial charge in [-0.25, -0.2) is 9.97 Å². The average molecular weight is 344 g/mol. The fraction of sp³-hybridized carbons (Fsp3) is 0.389. The summed E-state index contributed by atoms with van der Waals surface area (Å²) in [5.74, 6) is 1.05. The van der Waals surface area contributed by atoms with E-state index in [4.69, 9.17) is 9.47 Å². The molecule has 2 rings (SSSR count). The molecular weight excluding hydrogens is 320 g/mol. The first-order chi connectivity index (χ1) is 12.1. The number of rotatable bonds is 9. The Morgan fingerprint density at radius 3 is 2.56 bits per heavy atom. The normalized spacial score (nSPS) is 10.4. The number of aromatic nitrogens is 2. The van der Waals surface area contributed by atoms with E-state index in [-0.39, 0.29) is 5.91 Å². The van der Waals surface area contributed by atoms with Crippen molar-refractivity contribution in [2.45, 2.75) is 13.3 Å². The van der Waals surface area contributed by atoms with Crippen molar-refractivity contribution in [3.63, 3.8) is 0 Å². The van der Waals surface area contributed by atoms with Gasteiger partial charge < -0.3 is 20.1 Å². The van der Waals surface area contributed by atoms with Crippen LogP contribution in [-0.2, 0) is 11.2 Å². The quantitative estimate of drug-likeness (QED) is 0.675. The van der Waals surface area contributed by atoms with Crippen LogP contribution in [0.2, 0.25) is 0 Å². The number of anilines is 1. The van der Waals surface area contributed by atoms with Gasteiger partial charge in [0.15, 0.2) is 0 Å². The Balaban J connectivity index is 1.91. The van der Waals surface area contributed by atoms with E-state index in [1.165, 1.54) is 5.56 Å². The highest BCUT2D eigenvalue weighted by atomic mass is 16.5. The lowest BCUT2D eigenvalue weighted by atomic mass is 10.1. The minimum Gasteiger partial charge on any atom is -0.497 e. The second-order valence-electron chi connectivity index (χ2n) is 5.49. The van der Waals surface area contributed by atoms with Gasteiger partial charge in [0.2, 0.25) is 5.95 Å². The number of hydrogen-bond donors (Lipinski definition) is 2. The number of amides is 1. The van der Waals surface area contributed by atoms with E-state index >= 15 is 0 Å². The first kappa shape index (κ1) is 18.7. The molecule has 25 heavy (non-hydrogen) atoms. The van der Waals surface area contributed by atoms with Gasteiger partial charge in [0.25, 0.3) is 5.91 Å². The molecule has 7 heteroatoms. The van der Waals surface area contributed by atoms with Crippen molar-refractivity contribution in [3.05, 3.63) is 47.3 Å². The molecule has 2 N–H and O–H groups in total. The Morgan fingerprint density at radius 1 is 1.12 bits per heavy atom. The number of ether oxygens (including phenoxy) is 2. The summed E-state index contributed by atoms with van der Waals surface area (Å²) in [6.45, 7) is 3.41. The Labute approximate surface area is 147 Å². The van der Waals surface area contributed by atoms with Crippen LogP contribution in [0.5, 0.6) is 5.75 Å². The topological polar surface area (TPSA) is 85.4 Å². The molecule has 1 aromatic heterocycles. The molecule has 0 spiro atoms. The van der Waals surface area contributed by atoms with Crippen molar-refractivity contribution < 1.29 is 14.3 Å². The van der Waals surface area contributed by atoms with Crippen LogP contribution >= 0.6 is 0 Å². The van der Waals surface area contributed by atoms with Crippen LogP contribution in [0.4, 0.5) is 5.95 Å². The van der Waals surface area contributed by atoms with Gasteiger partial charge in [-0.15, -0.1) is 0 Å². The van der Waals surface area contributed by atoms with Crippen LogP contribution in [0.25, 0.3) is 0 Å². The fourth-order valence-electron chi connectivity index (χ4n) is 2.23. The van der Waals surface area contributed by atoms with Crippen LogP contribution in [-0.4, -0.2) is 49.8 Å². The number of benzene rings is 1. The molecule has 0 aliphatic heterocycles. The molecule has 0 unspecified atom stereocenters. The zero-order chi connectivity index (χ0) is 18.1. The minimum atomic E-state index is -0.235. The molecule has 0 aliphatic rings. The third-order valence-electron chi connectivity index (χ3n) is 3.53. The lowest BCUT2D eigenvalue weighted by molar-refractivity contribution is 0.0932. The second kappa shape index (κ2) is 9.58. The third-order valence-corrected chi connectivity index (χ3v) is 3.53. The third kappa shape index (κ3) is 6.04. The van der Waals surface area contributed by atoms with Gasteiger partial charge in [0.1, 0.15) is 11.4 Å². The number of nitrogens with zero attached hydrogens (tertiary/aromatic N) is 2. The monoisotopic (exact) mass is 344 g/mol. The molecule has 1 amide bonds. The van der Waals surface area contributed by atoms with Gasteiger partial charge in [-0.1, -0.05) is 12.1 Å². The van der Waals surface area contributed by atoms with Crippen molar-refractivity contribution in [2.75, 3.05) is 39.2 Å². The summed E-state index contributed by atoms with van der Waals surface area (Å²) in [5, 5.41) is 5.92. The Hall–Kier alpha value is -2.67. The van der Waals surface area contributed by atoms with Gasteiger partial charge in [0.05, 0.1) is 13.7 Å². The summed E-state index contributed by atoms with van der Waals surface area (Å²) < 4.78 is 10.1. The number of carbonyl (C=O) groups is 1. The minimum absolute atomic E-state index is 0.235. The Kier molecular flexibility index (Phi) is 7.16. The van der Waals surface area contributed by atoms with E-state index < -0.39 is 0 Å². The van der Waals surface area contributed by atoms with E-state index in [0.717, 1.165) is 17.9 Å². The lowest BCUT2D eigenvalue weighted by Crippen LogP contribution is -2.28. The SMILES string of the molecule is COCCNC(=O)c1cc(C)nc(NCCc2ccc(OC)cc2)n1. The summed E-state index contributed by atoms with van der Waals surface area (Å²) in [7, 11) is 3.24. The highest BCUT2D eigenvalue weighted by Gasteiger charge is 2.10. The number of hydrogen-bond acceptors (Lipinski definition) is 6. The fourth-order valence-corrected chi connectivity index (χ4v) is 2.23. The molecule has 1 aromatic carbocycles. The van der Waals surface area contributed by atoms with Gasteiger partial charge >= 0.3 is 0 Å². The maximum absolute atomic E-state index is 12.1. The number of methoxy groups -OCH3 is 2. The predicted octanol–water partition coefficient (Wildman–Crippen LogP) is 1.82. The Bertz CT molecular complexity index is 689. The van der Waals surface area contributed by atoms with Crippen molar-refractivity contribution in [1.29, 1.82) is 0 Å². The van der Waals surface area contributed by atoms with Gasteiger partial charge in [-0.05, 0) is 37.1 Å². The van der Waals surface area contributed by atoms with E-state index in [9.17, 15) is 4.79 Å². The van der Waals surface area contributed by atoms with Gasteiger partial charge in [0, 0.05) is 25.9 Å². The van der Waals surface area contributed by atoms with Crippen LogP contribution in [0.15, 0.2) is 30.3 Å². The first-order valence-corrected chi connectivity index (χ1v) is 8.12. The molecular formula is C18H24N4O3. The number of nitrogens with one attached hydrogen (secondary N) is 2. The van der Waals surface area contributed by atoms with Gasteiger partial charge in [-0.2, -0.15) is 0 Å². The van der Waals surface area contributed by atoms with E-state index in [1.54, 1.807) is 20.3 Å². The largest absolute Gasteiger partial charge is 0.497 e. The molecule has 0 aliphatic carbocycles. The molecule has 2 aromatic rings. The van der Waals surface area contributed by atoms with Crippen LogP contribution in [0.1, 0.15) is 21.7 Å². The Morgan fingerprint density at radius 2 is 1.88 bits per heavy atom. The molecule has 0 fully saturated rings. The summed E-state index contributed by atoms with van der Waals surface area (Å²) >= 11 is 0. The molecule has 0 bridgehead atoms. The van der Waals surface area contributed by atoms with Gasteiger partial charge in [-0.3, -0.25) is 4.79 Å². The van der Waals surface area contributed by atoms with E-state index in [2.05, 4.69) is 20.6 Å². The van der Waals surface area contributed by atoms with Crippen LogP contribution in [0.3, 0.4) is 0 Å². The number of aryl methyl sites for hydroxylation is 1. The molecule has 0 radical (unpaired) electrons. The van der Waals surface area contributed by atoms with E-state index in [0.29, 0.717) is 31.3 Å². The molecule has 134 valence electrons. The smallest absolute Gasteiger partial charge is 0.270 e. The second-order valence-corrected chi connectivity index (χ2v) is 5.49. The van der Waals surface area contributed by atoms with Crippen LogP contribution < -0.4 is 15.4 Å². The highest BCUT2D eigenvalue weighted by Crippen LogP contribution is 2.12. The number of carbonyl (C=O) groups excluding carboxylic acids is 1.